The van der Waals surface area contributed by atoms with Crippen molar-refractivity contribution in [1.29, 1.82) is 0 Å². The van der Waals surface area contributed by atoms with E-state index in [1.807, 2.05) is 0 Å². The Morgan fingerprint density at radius 2 is 1.75 bits per heavy atom. The fraction of sp³-hybridized carbons (Fsp3) is 0.750. The first-order valence-electron chi connectivity index (χ1n) is 5.85. The van der Waals surface area contributed by atoms with Crippen LogP contribution in [-0.4, -0.2) is 34.5 Å². The van der Waals surface area contributed by atoms with Crippen molar-refractivity contribution in [1.82, 2.24) is 0 Å². The molecule has 0 spiro atoms. The predicted octanol–water partition coefficient (Wildman–Crippen LogP) is 1.18. The molecule has 0 bridgehead atoms. The molecule has 1 fully saturated rings. The van der Waals surface area contributed by atoms with Crippen molar-refractivity contribution in [2.45, 2.75) is 32.1 Å². The fourth-order valence-corrected chi connectivity index (χ4v) is 2.19. The van der Waals surface area contributed by atoms with Gasteiger partial charge in [0.25, 0.3) is 0 Å². The van der Waals surface area contributed by atoms with Gasteiger partial charge in [-0.05, 0) is 18.8 Å². The van der Waals surface area contributed by atoms with E-state index in [-0.39, 0.29) is 18.8 Å². The van der Waals surface area contributed by atoms with E-state index >= 15 is 0 Å². The van der Waals surface area contributed by atoms with Crippen LogP contribution in [-0.2, 0) is 4.79 Å². The second-order valence-electron chi connectivity index (χ2n) is 4.39. The number of carboxylic acid groups (broad SMARTS) is 1. The van der Waals surface area contributed by atoms with Crippen LogP contribution in [0.4, 0.5) is 0 Å². The zero-order chi connectivity index (χ0) is 12.0. The summed E-state index contributed by atoms with van der Waals surface area (Å²) in [5.74, 6) is -1.39. The van der Waals surface area contributed by atoms with E-state index in [1.54, 1.807) is 6.08 Å². The van der Waals surface area contributed by atoms with Gasteiger partial charge in [0.1, 0.15) is 0 Å². The minimum atomic E-state index is -1.03. The summed E-state index contributed by atoms with van der Waals surface area (Å²) in [5.41, 5.74) is 0.164. The lowest BCUT2D eigenvalue weighted by atomic mass is 9.86. The van der Waals surface area contributed by atoms with Crippen molar-refractivity contribution in [3.63, 3.8) is 0 Å². The van der Waals surface area contributed by atoms with Crippen molar-refractivity contribution >= 4 is 5.97 Å². The van der Waals surface area contributed by atoms with Crippen molar-refractivity contribution in [3.05, 3.63) is 11.6 Å². The molecule has 0 aromatic rings. The first-order valence-corrected chi connectivity index (χ1v) is 5.85. The molecule has 0 atom stereocenters. The molecular formula is C12H20O4. The molecule has 0 amide bonds. The van der Waals surface area contributed by atoms with Crippen LogP contribution in [0.2, 0.25) is 0 Å². The van der Waals surface area contributed by atoms with Gasteiger partial charge in [0.05, 0.1) is 13.2 Å². The van der Waals surface area contributed by atoms with Gasteiger partial charge >= 0.3 is 5.97 Å². The minimum absolute atomic E-state index is 0.164. The number of rotatable bonds is 5. The summed E-state index contributed by atoms with van der Waals surface area (Å²) in [7, 11) is 0. The average Bonchev–Trinajstić information content (AvgIpc) is 2.30. The summed E-state index contributed by atoms with van der Waals surface area (Å²) in [5, 5.41) is 27.1. The van der Waals surface area contributed by atoms with Crippen LogP contribution in [0.15, 0.2) is 11.6 Å². The van der Waals surface area contributed by atoms with Crippen molar-refractivity contribution < 1.29 is 20.1 Å². The maximum Gasteiger partial charge on any atom is 0.331 e. The fourth-order valence-electron chi connectivity index (χ4n) is 2.19. The topological polar surface area (TPSA) is 77.8 Å². The average molecular weight is 228 g/mol. The van der Waals surface area contributed by atoms with Gasteiger partial charge < -0.3 is 15.3 Å². The van der Waals surface area contributed by atoms with E-state index < -0.39 is 11.9 Å². The van der Waals surface area contributed by atoms with Crippen LogP contribution in [0.3, 0.4) is 0 Å². The first kappa shape index (κ1) is 13.2. The number of aliphatic carboxylic acids is 1. The molecule has 3 N–H and O–H groups in total. The number of hydrogen-bond donors (Lipinski definition) is 3. The highest BCUT2D eigenvalue weighted by molar-refractivity contribution is 5.87. The monoisotopic (exact) mass is 228 g/mol. The Morgan fingerprint density at radius 3 is 2.19 bits per heavy atom. The third-order valence-corrected chi connectivity index (χ3v) is 3.19. The summed E-state index contributed by atoms with van der Waals surface area (Å²) in [6.07, 6.45) is 7.25. The van der Waals surface area contributed by atoms with Gasteiger partial charge in [0.15, 0.2) is 0 Å². The standard InChI is InChI=1S/C12H20O4/c13-7-10(8-14)11(12(15)16)6-9-4-2-1-3-5-9/h6,9-10,13-14H,1-5,7-8H2,(H,15,16). The Kier molecular flexibility index (Phi) is 5.49. The molecule has 92 valence electrons. The SMILES string of the molecule is O=C(O)C(=CC1CCCCC1)C(CO)CO. The number of carbonyl (C=O) groups is 1. The van der Waals surface area contributed by atoms with Gasteiger partial charge in [-0.3, -0.25) is 0 Å². The van der Waals surface area contributed by atoms with Gasteiger partial charge in [-0.1, -0.05) is 25.3 Å². The molecule has 0 saturated heterocycles. The van der Waals surface area contributed by atoms with Gasteiger partial charge in [-0.2, -0.15) is 0 Å². The van der Waals surface area contributed by atoms with Crippen molar-refractivity contribution in [3.8, 4) is 0 Å². The molecule has 1 rings (SSSR count). The van der Waals surface area contributed by atoms with Crippen LogP contribution >= 0.6 is 0 Å². The number of carboxylic acids is 1. The largest absolute Gasteiger partial charge is 0.478 e. The molecule has 4 heteroatoms. The van der Waals surface area contributed by atoms with Crippen LogP contribution in [0.5, 0.6) is 0 Å². The second-order valence-corrected chi connectivity index (χ2v) is 4.39. The molecule has 0 radical (unpaired) electrons. The molecule has 1 aliphatic rings. The highest BCUT2D eigenvalue weighted by Gasteiger charge is 2.21. The van der Waals surface area contributed by atoms with Crippen molar-refractivity contribution in [2.24, 2.45) is 11.8 Å². The molecule has 1 aliphatic carbocycles. The zero-order valence-electron chi connectivity index (χ0n) is 9.43. The van der Waals surface area contributed by atoms with Crippen LogP contribution in [0, 0.1) is 11.8 Å². The molecule has 4 nitrogen and oxygen atoms in total. The number of hydrogen-bond acceptors (Lipinski definition) is 3. The van der Waals surface area contributed by atoms with E-state index in [9.17, 15) is 4.79 Å². The van der Waals surface area contributed by atoms with E-state index in [0.29, 0.717) is 5.92 Å². The number of aliphatic hydroxyl groups is 2. The molecular weight excluding hydrogens is 208 g/mol. The lowest BCUT2D eigenvalue weighted by Crippen LogP contribution is -2.21. The zero-order valence-corrected chi connectivity index (χ0v) is 9.43. The Bertz CT molecular complexity index is 250. The van der Waals surface area contributed by atoms with Crippen LogP contribution in [0.25, 0.3) is 0 Å². The first-order chi connectivity index (χ1) is 7.69. The molecule has 0 aromatic heterocycles. The normalized spacial score (nSPS) is 19.1. The summed E-state index contributed by atoms with van der Waals surface area (Å²) in [6.45, 7) is -0.636. The smallest absolute Gasteiger partial charge is 0.331 e. The van der Waals surface area contributed by atoms with Gasteiger partial charge in [-0.15, -0.1) is 0 Å². The summed E-state index contributed by atoms with van der Waals surface area (Å²) >= 11 is 0. The Morgan fingerprint density at radius 1 is 1.19 bits per heavy atom. The van der Waals surface area contributed by atoms with E-state index in [2.05, 4.69) is 0 Å². The Hall–Kier alpha value is -0.870. The predicted molar refractivity (Wildman–Crippen MR) is 60.0 cm³/mol. The van der Waals surface area contributed by atoms with Gasteiger partial charge in [0.2, 0.25) is 0 Å². The molecule has 0 aliphatic heterocycles. The highest BCUT2D eigenvalue weighted by atomic mass is 16.4. The summed E-state index contributed by atoms with van der Waals surface area (Å²) in [6, 6.07) is 0. The summed E-state index contributed by atoms with van der Waals surface area (Å²) < 4.78 is 0. The number of aliphatic hydroxyl groups excluding tert-OH is 2. The molecule has 16 heavy (non-hydrogen) atoms. The lowest BCUT2D eigenvalue weighted by Gasteiger charge is -2.20. The summed E-state index contributed by atoms with van der Waals surface area (Å²) in [4.78, 5) is 11.0. The molecule has 1 saturated carbocycles. The third kappa shape index (κ3) is 3.61. The second kappa shape index (κ2) is 6.66. The molecule has 0 aromatic carbocycles. The van der Waals surface area contributed by atoms with Gasteiger partial charge in [0, 0.05) is 11.5 Å². The maximum atomic E-state index is 11.0. The third-order valence-electron chi connectivity index (χ3n) is 3.19. The lowest BCUT2D eigenvalue weighted by molar-refractivity contribution is -0.133. The quantitative estimate of drug-likeness (QED) is 0.617. The van der Waals surface area contributed by atoms with E-state index in [4.69, 9.17) is 15.3 Å². The van der Waals surface area contributed by atoms with Crippen molar-refractivity contribution in [2.75, 3.05) is 13.2 Å². The Labute approximate surface area is 95.6 Å². The van der Waals surface area contributed by atoms with E-state index in [0.717, 1.165) is 25.7 Å². The van der Waals surface area contributed by atoms with Crippen LogP contribution < -0.4 is 0 Å². The number of allylic oxidation sites excluding steroid dienone is 1. The molecule has 0 heterocycles. The highest BCUT2D eigenvalue weighted by Crippen LogP contribution is 2.27. The van der Waals surface area contributed by atoms with Gasteiger partial charge in [-0.25, -0.2) is 4.79 Å². The van der Waals surface area contributed by atoms with Crippen LogP contribution in [0.1, 0.15) is 32.1 Å². The Balaban J connectivity index is 2.74. The minimum Gasteiger partial charge on any atom is -0.478 e. The molecule has 0 unspecified atom stereocenters. The maximum absolute atomic E-state index is 11.0. The van der Waals surface area contributed by atoms with E-state index in [1.165, 1.54) is 6.42 Å².